The molecule has 0 bridgehead atoms. The van der Waals surface area contributed by atoms with Crippen LogP contribution in [0.1, 0.15) is 6.42 Å². The number of amides is 2. The lowest BCUT2D eigenvalue weighted by Gasteiger charge is -2.28. The van der Waals surface area contributed by atoms with E-state index in [1.807, 2.05) is 0 Å². The third-order valence-electron chi connectivity index (χ3n) is 2.42. The Hall–Kier alpha value is -1.34. The van der Waals surface area contributed by atoms with E-state index in [2.05, 4.69) is 10.6 Å². The second-order valence-corrected chi connectivity index (χ2v) is 3.59. The van der Waals surface area contributed by atoms with E-state index in [4.69, 9.17) is 10.2 Å². The van der Waals surface area contributed by atoms with E-state index in [1.54, 1.807) is 4.90 Å². The molecule has 1 rings (SSSR count). The maximum atomic E-state index is 11.6. The van der Waals surface area contributed by atoms with Gasteiger partial charge in [-0.25, -0.2) is 9.59 Å². The highest BCUT2D eigenvalue weighted by atomic mass is 16.4. The van der Waals surface area contributed by atoms with Crippen LogP contribution in [0.5, 0.6) is 0 Å². The Morgan fingerprint density at radius 3 is 2.50 bits per heavy atom. The monoisotopic (exact) mass is 231 g/mol. The van der Waals surface area contributed by atoms with Gasteiger partial charge in [-0.2, -0.15) is 0 Å². The number of aliphatic hydroxyl groups is 1. The number of hydrogen-bond acceptors (Lipinski definition) is 4. The third-order valence-corrected chi connectivity index (χ3v) is 2.42. The summed E-state index contributed by atoms with van der Waals surface area (Å²) in [5, 5.41) is 22.9. The zero-order chi connectivity index (χ0) is 12.0. The zero-order valence-electron chi connectivity index (χ0n) is 8.98. The highest BCUT2D eigenvalue weighted by molar-refractivity contribution is 5.82. The minimum atomic E-state index is -1.13. The van der Waals surface area contributed by atoms with E-state index in [-0.39, 0.29) is 19.1 Å². The SMILES string of the molecule is O=C(O)[C@H](CCO)NC(=O)N1CCNCC1. The molecule has 1 aliphatic heterocycles. The van der Waals surface area contributed by atoms with Crippen LogP contribution >= 0.6 is 0 Å². The predicted octanol–water partition coefficient (Wildman–Crippen LogP) is -1.56. The molecular weight excluding hydrogens is 214 g/mol. The highest BCUT2D eigenvalue weighted by Gasteiger charge is 2.23. The number of carboxylic acid groups (broad SMARTS) is 1. The summed E-state index contributed by atoms with van der Waals surface area (Å²) in [7, 11) is 0. The van der Waals surface area contributed by atoms with E-state index in [1.165, 1.54) is 0 Å². The fourth-order valence-electron chi connectivity index (χ4n) is 1.49. The number of urea groups is 1. The molecule has 16 heavy (non-hydrogen) atoms. The Balaban J connectivity index is 2.43. The fourth-order valence-corrected chi connectivity index (χ4v) is 1.49. The second kappa shape index (κ2) is 6.29. The van der Waals surface area contributed by atoms with Gasteiger partial charge in [0, 0.05) is 39.2 Å². The molecule has 0 aromatic rings. The summed E-state index contributed by atoms with van der Waals surface area (Å²) in [6.45, 7) is 2.30. The van der Waals surface area contributed by atoms with Crippen molar-refractivity contribution in [3.05, 3.63) is 0 Å². The normalized spacial score (nSPS) is 17.9. The van der Waals surface area contributed by atoms with Crippen molar-refractivity contribution in [2.75, 3.05) is 32.8 Å². The minimum absolute atomic E-state index is 0.0210. The van der Waals surface area contributed by atoms with Crippen LogP contribution in [0.4, 0.5) is 4.79 Å². The molecule has 0 unspecified atom stereocenters. The number of nitrogens with one attached hydrogen (secondary N) is 2. The predicted molar refractivity (Wildman–Crippen MR) is 56.1 cm³/mol. The molecule has 0 aliphatic carbocycles. The summed E-state index contributed by atoms with van der Waals surface area (Å²) in [5.74, 6) is -1.13. The van der Waals surface area contributed by atoms with Crippen molar-refractivity contribution >= 4 is 12.0 Å². The summed E-state index contributed by atoms with van der Waals surface area (Å²) in [6, 6.07) is -1.41. The van der Waals surface area contributed by atoms with Gasteiger partial charge in [0.1, 0.15) is 6.04 Å². The molecule has 1 fully saturated rings. The van der Waals surface area contributed by atoms with Gasteiger partial charge in [0.2, 0.25) is 0 Å². The van der Waals surface area contributed by atoms with Crippen LogP contribution in [0, 0.1) is 0 Å². The molecule has 0 saturated carbocycles. The zero-order valence-corrected chi connectivity index (χ0v) is 8.98. The van der Waals surface area contributed by atoms with Gasteiger partial charge in [-0.3, -0.25) is 0 Å². The smallest absolute Gasteiger partial charge is 0.326 e. The summed E-state index contributed by atoms with van der Waals surface area (Å²) < 4.78 is 0. The Labute approximate surface area is 93.4 Å². The quantitative estimate of drug-likeness (QED) is 0.468. The van der Waals surface area contributed by atoms with Crippen molar-refractivity contribution in [2.24, 2.45) is 0 Å². The number of aliphatic carboxylic acids is 1. The standard InChI is InChI=1S/C9H17N3O4/c13-6-1-7(8(14)15)11-9(16)12-4-2-10-3-5-12/h7,10,13H,1-6H2,(H,11,16)(H,14,15)/t7-/m0/s1. The average molecular weight is 231 g/mol. The number of carbonyl (C=O) groups excluding carboxylic acids is 1. The lowest BCUT2D eigenvalue weighted by atomic mass is 10.2. The third kappa shape index (κ3) is 3.67. The first-order chi connectivity index (χ1) is 7.65. The minimum Gasteiger partial charge on any atom is -0.480 e. The molecule has 92 valence electrons. The number of hydrogen-bond donors (Lipinski definition) is 4. The Morgan fingerprint density at radius 2 is 2.00 bits per heavy atom. The van der Waals surface area contributed by atoms with E-state index >= 15 is 0 Å². The van der Waals surface area contributed by atoms with Gasteiger partial charge < -0.3 is 25.7 Å². The van der Waals surface area contributed by atoms with Gasteiger partial charge >= 0.3 is 12.0 Å². The van der Waals surface area contributed by atoms with Crippen molar-refractivity contribution in [1.29, 1.82) is 0 Å². The molecule has 4 N–H and O–H groups in total. The molecule has 0 aromatic carbocycles. The molecule has 0 spiro atoms. The number of carbonyl (C=O) groups is 2. The van der Waals surface area contributed by atoms with Gasteiger partial charge in [-0.05, 0) is 0 Å². The molecule has 7 heteroatoms. The van der Waals surface area contributed by atoms with Crippen LogP contribution in [0.2, 0.25) is 0 Å². The van der Waals surface area contributed by atoms with Crippen molar-refractivity contribution in [2.45, 2.75) is 12.5 Å². The Bertz CT molecular complexity index is 253. The Kier molecular flexibility index (Phi) is 5.00. The lowest BCUT2D eigenvalue weighted by molar-refractivity contribution is -0.139. The molecule has 1 atom stereocenters. The van der Waals surface area contributed by atoms with Gasteiger partial charge in [0.25, 0.3) is 0 Å². The molecule has 1 saturated heterocycles. The van der Waals surface area contributed by atoms with Gasteiger partial charge in [-0.15, -0.1) is 0 Å². The number of rotatable bonds is 4. The van der Waals surface area contributed by atoms with Gasteiger partial charge in [0.05, 0.1) is 0 Å². The van der Waals surface area contributed by atoms with Crippen LogP contribution in [-0.2, 0) is 4.79 Å². The molecular formula is C9H17N3O4. The van der Waals surface area contributed by atoms with Crippen LogP contribution in [0.3, 0.4) is 0 Å². The molecule has 1 aliphatic rings. The summed E-state index contributed by atoms with van der Waals surface area (Å²) >= 11 is 0. The molecule has 0 aromatic heterocycles. The fraction of sp³-hybridized carbons (Fsp3) is 0.778. The van der Waals surface area contributed by atoms with Crippen molar-refractivity contribution in [1.82, 2.24) is 15.5 Å². The van der Waals surface area contributed by atoms with Crippen molar-refractivity contribution in [3.8, 4) is 0 Å². The van der Waals surface area contributed by atoms with E-state index < -0.39 is 12.0 Å². The maximum Gasteiger partial charge on any atom is 0.326 e. The first-order valence-electron chi connectivity index (χ1n) is 5.25. The second-order valence-electron chi connectivity index (χ2n) is 3.59. The number of carboxylic acids is 1. The molecule has 0 radical (unpaired) electrons. The van der Waals surface area contributed by atoms with Crippen molar-refractivity contribution in [3.63, 3.8) is 0 Å². The van der Waals surface area contributed by atoms with Crippen LogP contribution < -0.4 is 10.6 Å². The number of aliphatic hydroxyl groups excluding tert-OH is 1. The van der Waals surface area contributed by atoms with E-state index in [0.717, 1.165) is 0 Å². The highest BCUT2D eigenvalue weighted by Crippen LogP contribution is 1.97. The first-order valence-corrected chi connectivity index (χ1v) is 5.25. The average Bonchev–Trinajstić information content (AvgIpc) is 2.29. The van der Waals surface area contributed by atoms with Gasteiger partial charge in [0.15, 0.2) is 0 Å². The summed E-state index contributed by atoms with van der Waals surface area (Å²) in [6.07, 6.45) is 0.0210. The molecule has 7 nitrogen and oxygen atoms in total. The van der Waals surface area contributed by atoms with Gasteiger partial charge in [-0.1, -0.05) is 0 Å². The first kappa shape index (κ1) is 12.7. The summed E-state index contributed by atoms with van der Waals surface area (Å²) in [4.78, 5) is 23.9. The van der Waals surface area contributed by atoms with Crippen LogP contribution in [-0.4, -0.2) is 65.9 Å². The number of piperazine rings is 1. The molecule has 1 heterocycles. The maximum absolute atomic E-state index is 11.6. The van der Waals surface area contributed by atoms with E-state index in [0.29, 0.717) is 26.2 Å². The summed E-state index contributed by atoms with van der Waals surface area (Å²) in [5.41, 5.74) is 0. The van der Waals surface area contributed by atoms with Crippen molar-refractivity contribution < 1.29 is 19.8 Å². The van der Waals surface area contributed by atoms with Crippen LogP contribution in [0.25, 0.3) is 0 Å². The Morgan fingerprint density at radius 1 is 1.38 bits per heavy atom. The van der Waals surface area contributed by atoms with Crippen LogP contribution in [0.15, 0.2) is 0 Å². The number of nitrogens with zero attached hydrogens (tertiary/aromatic N) is 1. The van der Waals surface area contributed by atoms with E-state index in [9.17, 15) is 9.59 Å². The largest absolute Gasteiger partial charge is 0.480 e. The topological polar surface area (TPSA) is 102 Å². The lowest BCUT2D eigenvalue weighted by Crippen LogP contribution is -2.53. The molecule has 2 amide bonds.